The molecule has 0 spiro atoms. The predicted octanol–water partition coefficient (Wildman–Crippen LogP) is 3.33. The van der Waals surface area contributed by atoms with Gasteiger partial charge in [0.15, 0.2) is 11.6 Å². The molecular formula is C20H36N6O. The Morgan fingerprint density at radius 3 is 2.89 bits per heavy atom. The van der Waals surface area contributed by atoms with Crippen molar-refractivity contribution in [1.29, 1.82) is 0 Å². The van der Waals surface area contributed by atoms with E-state index in [2.05, 4.69) is 38.9 Å². The summed E-state index contributed by atoms with van der Waals surface area (Å²) >= 11 is 0. The molecule has 0 aliphatic carbocycles. The average molecular weight is 377 g/mol. The summed E-state index contributed by atoms with van der Waals surface area (Å²) < 4.78 is 5.67. The molecule has 7 heteroatoms. The maximum Gasteiger partial charge on any atom is 0.320 e. The molecule has 0 saturated carbocycles. The molecular weight excluding hydrogens is 340 g/mol. The number of aromatic nitrogens is 2. The van der Waals surface area contributed by atoms with Crippen LogP contribution in [0.4, 0.5) is 17.3 Å². The van der Waals surface area contributed by atoms with Crippen LogP contribution in [-0.4, -0.2) is 54.3 Å². The van der Waals surface area contributed by atoms with Crippen LogP contribution in [0, 0.1) is 5.92 Å². The largest absolute Gasteiger partial charge is 0.463 e. The third-order valence-corrected chi connectivity index (χ3v) is 5.56. The van der Waals surface area contributed by atoms with Crippen LogP contribution in [0.2, 0.25) is 0 Å². The molecule has 1 fully saturated rings. The molecule has 2 aliphatic heterocycles. The van der Waals surface area contributed by atoms with Crippen LogP contribution in [0.15, 0.2) is 0 Å². The van der Waals surface area contributed by atoms with Gasteiger partial charge in [0, 0.05) is 13.1 Å². The number of ether oxygens (including phenoxy) is 1. The van der Waals surface area contributed by atoms with Gasteiger partial charge in [-0.1, -0.05) is 20.3 Å². The second-order valence-corrected chi connectivity index (χ2v) is 7.84. The predicted molar refractivity (Wildman–Crippen MR) is 111 cm³/mol. The number of likely N-dealkylation sites (tertiary alicyclic amines) is 1. The molecule has 0 radical (unpaired) electrons. The van der Waals surface area contributed by atoms with Crippen molar-refractivity contribution in [3.63, 3.8) is 0 Å². The lowest BCUT2D eigenvalue weighted by molar-refractivity contribution is 0.168. The van der Waals surface area contributed by atoms with Gasteiger partial charge in [-0.3, -0.25) is 0 Å². The normalized spacial score (nSPS) is 19.8. The van der Waals surface area contributed by atoms with E-state index in [4.69, 9.17) is 10.5 Å². The van der Waals surface area contributed by atoms with E-state index in [1.807, 2.05) is 0 Å². The summed E-state index contributed by atoms with van der Waals surface area (Å²) in [6.45, 7) is 10.6. The first-order valence-corrected chi connectivity index (χ1v) is 10.7. The smallest absolute Gasteiger partial charge is 0.320 e. The highest BCUT2D eigenvalue weighted by molar-refractivity contribution is 5.80. The molecule has 152 valence electrons. The second-order valence-electron chi connectivity index (χ2n) is 7.84. The Morgan fingerprint density at radius 1 is 1.19 bits per heavy atom. The lowest BCUT2D eigenvalue weighted by atomic mass is 9.93. The van der Waals surface area contributed by atoms with E-state index in [0.717, 1.165) is 43.5 Å². The van der Waals surface area contributed by atoms with E-state index in [0.29, 0.717) is 18.4 Å². The number of nitrogens with zero attached hydrogens (tertiary/aromatic N) is 4. The van der Waals surface area contributed by atoms with Gasteiger partial charge in [-0.05, 0) is 57.5 Å². The Morgan fingerprint density at radius 2 is 2.07 bits per heavy atom. The van der Waals surface area contributed by atoms with Gasteiger partial charge in [0.1, 0.15) is 5.69 Å². The van der Waals surface area contributed by atoms with Crippen molar-refractivity contribution in [2.75, 3.05) is 55.4 Å². The summed E-state index contributed by atoms with van der Waals surface area (Å²) in [4.78, 5) is 13.8. The van der Waals surface area contributed by atoms with Crippen LogP contribution >= 0.6 is 0 Å². The highest BCUT2D eigenvalue weighted by Crippen LogP contribution is 2.35. The highest BCUT2D eigenvalue weighted by atomic mass is 16.5. The number of nitrogen functional groups attached to an aromatic ring is 1. The number of hydrogen-bond acceptors (Lipinski definition) is 7. The molecule has 1 aromatic rings. The Kier molecular flexibility index (Phi) is 7.38. The highest BCUT2D eigenvalue weighted by Gasteiger charge is 2.25. The molecule has 27 heavy (non-hydrogen) atoms. The summed E-state index contributed by atoms with van der Waals surface area (Å²) in [5.41, 5.74) is 6.95. The van der Waals surface area contributed by atoms with Crippen molar-refractivity contribution < 1.29 is 4.74 Å². The van der Waals surface area contributed by atoms with E-state index in [1.165, 1.54) is 51.7 Å². The zero-order valence-corrected chi connectivity index (χ0v) is 17.0. The van der Waals surface area contributed by atoms with Crippen molar-refractivity contribution in [2.24, 2.45) is 5.92 Å². The molecule has 1 saturated heterocycles. The van der Waals surface area contributed by atoms with Gasteiger partial charge in [0.2, 0.25) is 0 Å². The van der Waals surface area contributed by atoms with Crippen molar-refractivity contribution >= 4 is 17.3 Å². The van der Waals surface area contributed by atoms with E-state index >= 15 is 0 Å². The van der Waals surface area contributed by atoms with Gasteiger partial charge in [0.25, 0.3) is 0 Å². The summed E-state index contributed by atoms with van der Waals surface area (Å²) in [7, 11) is 0. The minimum absolute atomic E-state index is 0.399. The molecule has 0 bridgehead atoms. The monoisotopic (exact) mass is 376 g/mol. The minimum Gasteiger partial charge on any atom is -0.463 e. The number of fused-ring (bicyclic) bond motifs is 1. The topological polar surface area (TPSA) is 79.5 Å². The van der Waals surface area contributed by atoms with Crippen LogP contribution in [0.3, 0.4) is 0 Å². The molecule has 2 aliphatic rings. The van der Waals surface area contributed by atoms with Crippen molar-refractivity contribution in [3.05, 3.63) is 0 Å². The maximum absolute atomic E-state index is 6.10. The molecule has 3 rings (SSSR count). The van der Waals surface area contributed by atoms with Crippen molar-refractivity contribution in [1.82, 2.24) is 14.9 Å². The Balaban J connectivity index is 1.51. The third kappa shape index (κ3) is 5.37. The van der Waals surface area contributed by atoms with Gasteiger partial charge >= 0.3 is 6.01 Å². The van der Waals surface area contributed by atoms with E-state index < -0.39 is 0 Å². The average Bonchev–Trinajstić information content (AvgIpc) is 3.06. The fourth-order valence-corrected chi connectivity index (χ4v) is 4.13. The Bertz CT molecular complexity index is 594. The fourth-order valence-electron chi connectivity index (χ4n) is 4.13. The number of unbranched alkanes of at least 4 members (excludes halogenated alkanes) is 1. The van der Waals surface area contributed by atoms with Gasteiger partial charge in [-0.25, -0.2) is 0 Å². The number of nitrogens with one attached hydrogen (secondary N) is 1. The first-order valence-electron chi connectivity index (χ1n) is 10.7. The molecule has 0 aromatic carbocycles. The van der Waals surface area contributed by atoms with Gasteiger partial charge < -0.3 is 25.6 Å². The number of rotatable bonds is 10. The fraction of sp³-hybridized carbons (Fsp3) is 0.800. The summed E-state index contributed by atoms with van der Waals surface area (Å²) in [5, 5.41) is 3.34. The van der Waals surface area contributed by atoms with Crippen molar-refractivity contribution in [2.45, 2.75) is 58.8 Å². The van der Waals surface area contributed by atoms with Crippen LogP contribution in [0.25, 0.3) is 0 Å². The quantitative estimate of drug-likeness (QED) is 0.606. The number of anilines is 3. The van der Waals surface area contributed by atoms with Crippen LogP contribution < -0.4 is 20.7 Å². The lowest BCUT2D eigenvalue weighted by Crippen LogP contribution is -2.36. The van der Waals surface area contributed by atoms with Gasteiger partial charge in [0.05, 0.1) is 13.3 Å². The number of nitrogens with two attached hydrogens (primary N) is 1. The molecule has 1 atom stereocenters. The Labute approximate surface area is 163 Å². The standard InChI is InChI=1S/C20H36N6O/c1-3-5-13-27-20-23-18(21)17-19(24-20)26(15-22-17)12-7-9-16-8-6-11-25(14-16)10-4-2/h16,22H,3-15H2,1-2H3,(H2,21,23,24). The van der Waals surface area contributed by atoms with E-state index in [9.17, 15) is 0 Å². The van der Waals surface area contributed by atoms with Crippen molar-refractivity contribution in [3.8, 4) is 6.01 Å². The zero-order chi connectivity index (χ0) is 19.1. The van der Waals surface area contributed by atoms with E-state index in [1.54, 1.807) is 0 Å². The molecule has 3 heterocycles. The lowest BCUT2D eigenvalue weighted by Gasteiger charge is -2.32. The number of hydrogen-bond donors (Lipinski definition) is 2. The summed E-state index contributed by atoms with van der Waals surface area (Å²) in [6, 6.07) is 0.399. The van der Waals surface area contributed by atoms with Crippen LogP contribution in [0.1, 0.15) is 58.8 Å². The molecule has 0 amide bonds. The van der Waals surface area contributed by atoms with Crippen LogP contribution in [0.5, 0.6) is 6.01 Å². The second kappa shape index (κ2) is 9.97. The first kappa shape index (κ1) is 20.0. The first-order chi connectivity index (χ1) is 13.2. The van der Waals surface area contributed by atoms with E-state index in [-0.39, 0.29) is 0 Å². The molecule has 3 N–H and O–H groups in total. The maximum atomic E-state index is 6.10. The summed E-state index contributed by atoms with van der Waals surface area (Å²) in [6.07, 6.45) is 8.53. The van der Waals surface area contributed by atoms with Crippen LogP contribution in [-0.2, 0) is 0 Å². The minimum atomic E-state index is 0.399. The number of piperidine rings is 1. The van der Waals surface area contributed by atoms with Gasteiger partial charge in [-0.2, -0.15) is 9.97 Å². The third-order valence-electron chi connectivity index (χ3n) is 5.56. The van der Waals surface area contributed by atoms with Gasteiger partial charge in [-0.15, -0.1) is 0 Å². The molecule has 1 unspecified atom stereocenters. The zero-order valence-electron chi connectivity index (χ0n) is 17.0. The molecule has 7 nitrogen and oxygen atoms in total. The molecule has 1 aromatic heterocycles. The summed E-state index contributed by atoms with van der Waals surface area (Å²) in [5.74, 6) is 2.21. The SMILES string of the molecule is CCCCOc1nc(N)c2c(n1)N(CCCC1CCCN(CCC)C1)CN2. The Hall–Kier alpha value is -1.76.